The molecule has 0 amide bonds. The fourth-order valence-electron chi connectivity index (χ4n) is 1.97. The Morgan fingerprint density at radius 1 is 0.941 bits per heavy atom. The number of unbranched alkanes of at least 4 members (excludes halogenated alkanes) is 2. The Balaban J connectivity index is 0.00000256. The largest absolute Gasteiger partial charge is 0.371 e. The quantitative estimate of drug-likeness (QED) is 0.635. The summed E-state index contributed by atoms with van der Waals surface area (Å²) >= 11 is 0. The summed E-state index contributed by atoms with van der Waals surface area (Å²) in [7, 11) is 0. The van der Waals surface area contributed by atoms with Crippen molar-refractivity contribution in [2.75, 3.05) is 18.0 Å². The third kappa shape index (κ3) is 5.66. The standard InChI is InChI=1S/C15H25N.Li/c1-4-6-12-16(13-7-5-2)15-11-9-8-10-14(15)3;/h8-11H,4-7,12-13H2,1-3H3;. The molecule has 1 nitrogen and oxygen atoms in total. The maximum atomic E-state index is 2.54. The molecule has 0 aromatic heterocycles. The number of nitrogens with zero attached hydrogens (tertiary/aromatic N) is 1. The predicted octanol–water partition coefficient (Wildman–Crippen LogP) is 4.02. The summed E-state index contributed by atoms with van der Waals surface area (Å²) < 4.78 is 0. The van der Waals surface area contributed by atoms with Crippen LogP contribution in [-0.2, 0) is 0 Å². The summed E-state index contributed by atoms with van der Waals surface area (Å²) in [5, 5.41) is 0. The van der Waals surface area contributed by atoms with E-state index in [-0.39, 0.29) is 18.9 Å². The Kier molecular flexibility index (Phi) is 9.41. The van der Waals surface area contributed by atoms with Gasteiger partial charge in [0.2, 0.25) is 0 Å². The fourth-order valence-corrected chi connectivity index (χ4v) is 1.97. The van der Waals surface area contributed by atoms with Gasteiger partial charge in [-0.25, -0.2) is 0 Å². The molecule has 0 aliphatic carbocycles. The van der Waals surface area contributed by atoms with Gasteiger partial charge in [0.1, 0.15) is 0 Å². The Labute approximate surface area is 119 Å². The third-order valence-corrected chi connectivity index (χ3v) is 3.02. The van der Waals surface area contributed by atoms with Crippen LogP contribution in [0.1, 0.15) is 45.1 Å². The molecule has 0 aliphatic rings. The molecule has 1 rings (SSSR count). The van der Waals surface area contributed by atoms with Crippen molar-refractivity contribution in [1.29, 1.82) is 0 Å². The number of hydrogen-bond acceptors (Lipinski definition) is 1. The molecule has 0 atom stereocenters. The molecule has 1 aromatic carbocycles. The summed E-state index contributed by atoms with van der Waals surface area (Å²) in [6, 6.07) is 8.73. The molecule has 0 heterocycles. The van der Waals surface area contributed by atoms with E-state index >= 15 is 0 Å². The third-order valence-electron chi connectivity index (χ3n) is 3.02. The number of aryl methyl sites for hydroxylation is 1. The summed E-state index contributed by atoms with van der Waals surface area (Å²) in [4.78, 5) is 2.54. The minimum Gasteiger partial charge on any atom is -0.371 e. The SMILES string of the molecule is CCCCN(CCCC)c1ccccc1C.[Li]. The zero-order chi connectivity index (χ0) is 11.8. The molecule has 1 radical (unpaired) electrons. The van der Waals surface area contributed by atoms with Crippen molar-refractivity contribution in [3.8, 4) is 0 Å². The minimum absolute atomic E-state index is 0. The van der Waals surface area contributed by atoms with Crippen molar-refractivity contribution in [3.05, 3.63) is 29.8 Å². The molecule has 0 unspecified atom stereocenters. The van der Waals surface area contributed by atoms with Crippen LogP contribution in [0, 0.1) is 6.92 Å². The average molecular weight is 226 g/mol. The van der Waals surface area contributed by atoms with Gasteiger partial charge in [0.15, 0.2) is 0 Å². The molecule has 0 fully saturated rings. The van der Waals surface area contributed by atoms with Gasteiger partial charge in [-0.15, -0.1) is 0 Å². The number of para-hydroxylation sites is 1. The molecule has 0 N–H and O–H groups in total. The fraction of sp³-hybridized carbons (Fsp3) is 0.600. The molecule has 17 heavy (non-hydrogen) atoms. The van der Waals surface area contributed by atoms with E-state index in [4.69, 9.17) is 0 Å². The van der Waals surface area contributed by atoms with Crippen LogP contribution in [0.2, 0.25) is 0 Å². The van der Waals surface area contributed by atoms with Crippen LogP contribution in [0.15, 0.2) is 24.3 Å². The Hall–Kier alpha value is -0.383. The van der Waals surface area contributed by atoms with Crippen molar-refractivity contribution in [2.45, 2.75) is 46.5 Å². The summed E-state index contributed by atoms with van der Waals surface area (Å²) in [6.45, 7) is 9.12. The second-order valence-electron chi connectivity index (χ2n) is 4.48. The van der Waals surface area contributed by atoms with Crippen LogP contribution >= 0.6 is 0 Å². The molecular formula is C15H25LiN. The Morgan fingerprint density at radius 3 is 1.94 bits per heavy atom. The van der Waals surface area contributed by atoms with Crippen molar-refractivity contribution in [2.24, 2.45) is 0 Å². The topological polar surface area (TPSA) is 3.24 Å². The van der Waals surface area contributed by atoms with Gasteiger partial charge >= 0.3 is 0 Å². The molecule has 0 saturated heterocycles. The van der Waals surface area contributed by atoms with Crippen LogP contribution in [-0.4, -0.2) is 32.0 Å². The van der Waals surface area contributed by atoms with Crippen LogP contribution in [0.4, 0.5) is 5.69 Å². The second-order valence-corrected chi connectivity index (χ2v) is 4.48. The van der Waals surface area contributed by atoms with Gasteiger partial charge in [-0.2, -0.15) is 0 Å². The minimum atomic E-state index is 0. The molecule has 2 heteroatoms. The molecule has 91 valence electrons. The molecule has 0 spiro atoms. The smallest absolute Gasteiger partial charge is 0.0395 e. The van der Waals surface area contributed by atoms with Crippen molar-refractivity contribution in [3.63, 3.8) is 0 Å². The van der Waals surface area contributed by atoms with Crippen LogP contribution < -0.4 is 4.90 Å². The maximum Gasteiger partial charge on any atom is 0.0395 e. The first-order valence-corrected chi connectivity index (χ1v) is 6.60. The first-order chi connectivity index (χ1) is 7.79. The second kappa shape index (κ2) is 9.63. The number of benzene rings is 1. The average Bonchev–Trinajstić information content (AvgIpc) is 2.31. The molecule has 0 bridgehead atoms. The normalized spacial score (nSPS) is 9.82. The van der Waals surface area contributed by atoms with Crippen molar-refractivity contribution < 1.29 is 0 Å². The van der Waals surface area contributed by atoms with E-state index in [0.717, 1.165) is 0 Å². The predicted molar refractivity (Wildman–Crippen MR) is 79.0 cm³/mol. The van der Waals surface area contributed by atoms with Crippen molar-refractivity contribution in [1.82, 2.24) is 0 Å². The Bertz CT molecular complexity index is 291. The monoisotopic (exact) mass is 226 g/mol. The zero-order valence-electron chi connectivity index (χ0n) is 12.0. The van der Waals surface area contributed by atoms with E-state index in [1.165, 1.54) is 50.0 Å². The van der Waals surface area contributed by atoms with Gasteiger partial charge in [-0.3, -0.25) is 0 Å². The van der Waals surface area contributed by atoms with Gasteiger partial charge < -0.3 is 4.90 Å². The summed E-state index contributed by atoms with van der Waals surface area (Å²) in [5.41, 5.74) is 2.82. The number of hydrogen-bond donors (Lipinski definition) is 0. The molecule has 0 saturated carbocycles. The zero-order valence-corrected chi connectivity index (χ0v) is 12.0. The van der Waals surface area contributed by atoms with E-state index in [2.05, 4.69) is 49.9 Å². The van der Waals surface area contributed by atoms with Crippen LogP contribution in [0.25, 0.3) is 0 Å². The van der Waals surface area contributed by atoms with E-state index < -0.39 is 0 Å². The van der Waals surface area contributed by atoms with Gasteiger partial charge in [0, 0.05) is 37.6 Å². The first kappa shape index (κ1) is 16.6. The first-order valence-electron chi connectivity index (χ1n) is 6.60. The van der Waals surface area contributed by atoms with Crippen molar-refractivity contribution >= 4 is 24.5 Å². The maximum absolute atomic E-state index is 2.54. The van der Waals surface area contributed by atoms with E-state index in [1.807, 2.05) is 0 Å². The van der Waals surface area contributed by atoms with Crippen LogP contribution in [0.5, 0.6) is 0 Å². The number of rotatable bonds is 7. The van der Waals surface area contributed by atoms with E-state index in [1.54, 1.807) is 0 Å². The summed E-state index contributed by atoms with van der Waals surface area (Å²) in [5.74, 6) is 0. The van der Waals surface area contributed by atoms with Gasteiger partial charge in [0.05, 0.1) is 0 Å². The van der Waals surface area contributed by atoms with Gasteiger partial charge in [-0.05, 0) is 31.4 Å². The molecule has 1 aromatic rings. The Morgan fingerprint density at radius 2 is 1.47 bits per heavy atom. The van der Waals surface area contributed by atoms with E-state index in [0.29, 0.717) is 0 Å². The molecule has 0 aliphatic heterocycles. The van der Waals surface area contributed by atoms with Gasteiger partial charge in [0.25, 0.3) is 0 Å². The molecular weight excluding hydrogens is 201 g/mol. The van der Waals surface area contributed by atoms with E-state index in [9.17, 15) is 0 Å². The number of anilines is 1. The van der Waals surface area contributed by atoms with Gasteiger partial charge in [-0.1, -0.05) is 44.9 Å². The summed E-state index contributed by atoms with van der Waals surface area (Å²) in [6.07, 6.45) is 5.12. The van der Waals surface area contributed by atoms with Crippen LogP contribution in [0.3, 0.4) is 0 Å².